The molecule has 35 heavy (non-hydrogen) atoms. The maximum atomic E-state index is 13.5. The average molecular weight is 515 g/mol. The average Bonchev–Trinajstić information content (AvgIpc) is 2.83. The third kappa shape index (κ3) is 6.03. The topological polar surface area (TPSA) is 122 Å². The molecule has 0 aliphatic heterocycles. The van der Waals surface area contributed by atoms with Crippen LogP contribution < -0.4 is 9.73 Å². The highest BCUT2D eigenvalue weighted by Gasteiger charge is 2.28. The summed E-state index contributed by atoms with van der Waals surface area (Å²) in [6.07, 6.45) is 0. The Morgan fingerprint density at radius 1 is 1.09 bits per heavy atom. The number of anilines is 1. The maximum Gasteiger partial charge on any atom is 0.270 e. The van der Waals surface area contributed by atoms with Crippen LogP contribution in [0.25, 0.3) is 0 Å². The zero-order valence-electron chi connectivity index (χ0n) is 19.2. The highest BCUT2D eigenvalue weighted by Crippen LogP contribution is 2.30. The molecule has 0 atom stereocenters. The van der Waals surface area contributed by atoms with E-state index in [1.54, 1.807) is 50.2 Å². The van der Waals surface area contributed by atoms with Crippen molar-refractivity contribution in [3.8, 4) is 0 Å². The summed E-state index contributed by atoms with van der Waals surface area (Å²) < 4.78 is 28.0. The first-order valence-electron chi connectivity index (χ1n) is 10.4. The molecule has 0 bridgehead atoms. The first-order chi connectivity index (χ1) is 16.5. The molecule has 3 aromatic rings. The van der Waals surface area contributed by atoms with Gasteiger partial charge in [-0.1, -0.05) is 47.5 Å². The molecule has 0 radical (unpaired) electrons. The number of nitrogens with zero attached hydrogens (tertiary/aromatic N) is 3. The van der Waals surface area contributed by atoms with Gasteiger partial charge in [0.05, 0.1) is 21.2 Å². The molecule has 0 unspecified atom stereocenters. The molecular formula is C24H23ClN4O5S. The molecule has 3 aromatic carbocycles. The van der Waals surface area contributed by atoms with Gasteiger partial charge in [0.25, 0.3) is 21.6 Å². The van der Waals surface area contributed by atoms with Gasteiger partial charge in [0.1, 0.15) is 6.54 Å². The largest absolute Gasteiger partial charge is 0.271 e. The van der Waals surface area contributed by atoms with E-state index >= 15 is 0 Å². The highest BCUT2D eigenvalue weighted by molar-refractivity contribution is 7.92. The zero-order chi connectivity index (χ0) is 25.8. The first kappa shape index (κ1) is 25.9. The molecule has 0 saturated carbocycles. The summed E-state index contributed by atoms with van der Waals surface area (Å²) in [5.74, 6) is -0.704. The van der Waals surface area contributed by atoms with Gasteiger partial charge in [-0.2, -0.15) is 5.10 Å². The lowest BCUT2D eigenvalue weighted by Crippen LogP contribution is -2.40. The van der Waals surface area contributed by atoms with Crippen molar-refractivity contribution >= 4 is 44.6 Å². The van der Waals surface area contributed by atoms with Crippen molar-refractivity contribution in [1.82, 2.24) is 5.43 Å². The molecule has 0 fully saturated rings. The third-order valence-electron chi connectivity index (χ3n) is 5.23. The second-order valence-corrected chi connectivity index (χ2v) is 10.0. The Bertz CT molecular complexity index is 1410. The van der Waals surface area contributed by atoms with E-state index in [9.17, 15) is 23.3 Å². The lowest BCUT2D eigenvalue weighted by atomic mass is 10.1. The minimum atomic E-state index is -4.12. The summed E-state index contributed by atoms with van der Waals surface area (Å²) in [4.78, 5) is 23.3. The van der Waals surface area contributed by atoms with Crippen molar-refractivity contribution in [2.24, 2.45) is 5.10 Å². The molecule has 0 saturated heterocycles. The molecule has 1 N–H and O–H groups in total. The first-order valence-corrected chi connectivity index (χ1v) is 12.2. The van der Waals surface area contributed by atoms with Crippen molar-refractivity contribution in [3.63, 3.8) is 0 Å². The number of hydrogen-bond donors (Lipinski definition) is 1. The van der Waals surface area contributed by atoms with Gasteiger partial charge in [-0.05, 0) is 50.6 Å². The second-order valence-electron chi connectivity index (χ2n) is 7.75. The Hall–Kier alpha value is -3.76. The molecule has 0 aromatic heterocycles. The predicted octanol–water partition coefficient (Wildman–Crippen LogP) is 4.60. The Balaban J connectivity index is 1.92. The van der Waals surface area contributed by atoms with E-state index in [-0.39, 0.29) is 16.3 Å². The molecule has 11 heteroatoms. The van der Waals surface area contributed by atoms with Gasteiger partial charge < -0.3 is 0 Å². The number of carbonyl (C=O) groups is 1. The highest BCUT2D eigenvalue weighted by atomic mass is 35.5. The number of carbonyl (C=O) groups excluding carboxylic acids is 1. The zero-order valence-corrected chi connectivity index (χ0v) is 20.8. The summed E-state index contributed by atoms with van der Waals surface area (Å²) >= 11 is 6.23. The van der Waals surface area contributed by atoms with Gasteiger partial charge in [-0.15, -0.1) is 0 Å². The second kappa shape index (κ2) is 10.7. The SMILES string of the molecule is C/C(=N/NC(=O)CN(c1cccc(Cl)c1C)S(=O)(=O)c1ccc(C)cc1)c1cccc([N+](=O)[O-])c1. The van der Waals surface area contributed by atoms with Crippen LogP contribution in [0.3, 0.4) is 0 Å². The van der Waals surface area contributed by atoms with E-state index in [4.69, 9.17) is 11.6 Å². The van der Waals surface area contributed by atoms with E-state index in [1.165, 1.54) is 30.3 Å². The molecule has 9 nitrogen and oxygen atoms in total. The molecule has 0 aliphatic carbocycles. The van der Waals surface area contributed by atoms with Crippen molar-refractivity contribution in [2.45, 2.75) is 25.7 Å². The van der Waals surface area contributed by atoms with Gasteiger partial charge in [-0.25, -0.2) is 13.8 Å². The summed E-state index contributed by atoms with van der Waals surface area (Å²) in [5, 5.41) is 15.4. The van der Waals surface area contributed by atoms with E-state index < -0.39 is 27.4 Å². The van der Waals surface area contributed by atoms with Crippen LogP contribution in [0.4, 0.5) is 11.4 Å². The van der Waals surface area contributed by atoms with Crippen molar-refractivity contribution in [1.29, 1.82) is 0 Å². The number of hydrogen-bond acceptors (Lipinski definition) is 6. The van der Waals surface area contributed by atoms with E-state index in [0.29, 0.717) is 21.9 Å². The van der Waals surface area contributed by atoms with Gasteiger partial charge in [0, 0.05) is 22.7 Å². The quantitative estimate of drug-likeness (QED) is 0.267. The Kier molecular flexibility index (Phi) is 7.88. The molecule has 0 spiro atoms. The summed E-state index contributed by atoms with van der Waals surface area (Å²) in [6.45, 7) is 4.51. The van der Waals surface area contributed by atoms with Crippen LogP contribution in [0, 0.1) is 24.0 Å². The number of non-ortho nitro benzene ring substituents is 1. The Morgan fingerprint density at radius 2 is 1.74 bits per heavy atom. The molecule has 3 rings (SSSR count). The summed E-state index contributed by atoms with van der Waals surface area (Å²) in [7, 11) is -4.12. The number of halogens is 1. The monoisotopic (exact) mass is 514 g/mol. The lowest BCUT2D eigenvalue weighted by Gasteiger charge is -2.25. The maximum absolute atomic E-state index is 13.5. The standard InChI is InChI=1S/C24H23ClN4O5S/c1-16-10-12-21(13-11-16)35(33,34)28(23-9-5-8-22(25)17(23)2)15-24(30)27-26-18(3)19-6-4-7-20(14-19)29(31)32/h4-14H,15H2,1-3H3,(H,27,30)/b26-18-. The fraction of sp³-hybridized carbons (Fsp3) is 0.167. The van der Waals surface area contributed by atoms with Crippen LogP contribution in [0.5, 0.6) is 0 Å². The van der Waals surface area contributed by atoms with Gasteiger partial charge >= 0.3 is 0 Å². The number of amides is 1. The van der Waals surface area contributed by atoms with Crippen molar-refractivity contribution in [3.05, 3.63) is 98.6 Å². The van der Waals surface area contributed by atoms with Gasteiger partial charge in [-0.3, -0.25) is 19.2 Å². The van der Waals surface area contributed by atoms with Gasteiger partial charge in [0.2, 0.25) is 0 Å². The van der Waals surface area contributed by atoms with Crippen molar-refractivity contribution < 1.29 is 18.1 Å². The van der Waals surface area contributed by atoms with Gasteiger partial charge in [0.15, 0.2) is 0 Å². The Morgan fingerprint density at radius 3 is 2.40 bits per heavy atom. The number of nitrogens with one attached hydrogen (secondary N) is 1. The van der Waals surface area contributed by atoms with E-state index in [1.807, 2.05) is 6.92 Å². The van der Waals surface area contributed by atoms with Crippen LogP contribution in [0.2, 0.25) is 5.02 Å². The predicted molar refractivity (Wildman–Crippen MR) is 135 cm³/mol. The minimum Gasteiger partial charge on any atom is -0.271 e. The minimum absolute atomic E-state index is 0.0200. The fourth-order valence-electron chi connectivity index (χ4n) is 3.22. The number of benzene rings is 3. The molecule has 0 aliphatic rings. The third-order valence-corrected chi connectivity index (χ3v) is 7.41. The number of nitro groups is 1. The number of sulfonamides is 1. The van der Waals surface area contributed by atoms with E-state index in [0.717, 1.165) is 9.87 Å². The van der Waals surface area contributed by atoms with Crippen LogP contribution in [0.1, 0.15) is 23.6 Å². The lowest BCUT2D eigenvalue weighted by molar-refractivity contribution is -0.384. The van der Waals surface area contributed by atoms with Crippen molar-refractivity contribution in [2.75, 3.05) is 10.8 Å². The normalized spacial score (nSPS) is 11.7. The van der Waals surface area contributed by atoms with Crippen LogP contribution in [0.15, 0.2) is 76.7 Å². The fourth-order valence-corrected chi connectivity index (χ4v) is 4.87. The number of rotatable bonds is 8. The molecular weight excluding hydrogens is 492 g/mol. The smallest absolute Gasteiger partial charge is 0.270 e. The van der Waals surface area contributed by atoms with Crippen LogP contribution >= 0.6 is 11.6 Å². The number of hydrazone groups is 1. The number of aryl methyl sites for hydroxylation is 1. The Labute approximate surface area is 208 Å². The van der Waals surface area contributed by atoms with Crippen LogP contribution in [-0.2, 0) is 14.8 Å². The van der Waals surface area contributed by atoms with E-state index in [2.05, 4.69) is 10.5 Å². The summed E-state index contributed by atoms with van der Waals surface area (Å²) in [6, 6.07) is 16.9. The molecule has 182 valence electrons. The number of nitro benzene ring substituents is 1. The summed E-state index contributed by atoms with van der Waals surface area (Å²) in [5.41, 5.74) is 4.61. The van der Waals surface area contributed by atoms with Crippen LogP contribution in [-0.4, -0.2) is 31.5 Å². The molecule has 1 amide bonds. The molecule has 0 heterocycles.